The van der Waals surface area contributed by atoms with Crippen molar-refractivity contribution in [1.82, 2.24) is 9.80 Å². The number of non-ortho nitro benzene ring substituents is 1. The molecule has 9 nitrogen and oxygen atoms in total. The van der Waals surface area contributed by atoms with E-state index in [-0.39, 0.29) is 17.3 Å². The third kappa shape index (κ3) is 2.72. The maximum atomic E-state index is 12.1. The number of urea groups is 1. The van der Waals surface area contributed by atoms with E-state index in [1.165, 1.54) is 29.2 Å². The maximum absolute atomic E-state index is 12.1. The highest BCUT2D eigenvalue weighted by atomic mass is 16.6. The zero-order valence-electron chi connectivity index (χ0n) is 12.1. The van der Waals surface area contributed by atoms with E-state index in [4.69, 9.17) is 0 Å². The minimum atomic E-state index is -0.576. The van der Waals surface area contributed by atoms with E-state index >= 15 is 0 Å². The standard InChI is InChI=1S/C14H14N4O5/c19-12(15-9-3-1-4-10(7-9)18(22)23)8-17-13(20)11-5-2-6-16(11)14(17)21/h1,3-4,7,11H,2,5-6,8H2,(H,15,19). The van der Waals surface area contributed by atoms with Gasteiger partial charge in [0.05, 0.1) is 4.92 Å². The van der Waals surface area contributed by atoms with Gasteiger partial charge in [-0.2, -0.15) is 0 Å². The van der Waals surface area contributed by atoms with Crippen molar-refractivity contribution in [3.8, 4) is 0 Å². The number of anilines is 1. The van der Waals surface area contributed by atoms with E-state index < -0.39 is 29.4 Å². The molecule has 3 rings (SSSR count). The fourth-order valence-corrected chi connectivity index (χ4v) is 2.87. The van der Waals surface area contributed by atoms with Crippen molar-refractivity contribution in [3.63, 3.8) is 0 Å². The maximum Gasteiger partial charge on any atom is 0.327 e. The SMILES string of the molecule is O=C(CN1C(=O)C2CCCN2C1=O)Nc1cccc([N+](=O)[O-])c1. The van der Waals surface area contributed by atoms with E-state index in [0.717, 1.165) is 11.3 Å². The average molecular weight is 318 g/mol. The number of rotatable bonds is 4. The topological polar surface area (TPSA) is 113 Å². The van der Waals surface area contributed by atoms with E-state index in [0.29, 0.717) is 13.0 Å². The van der Waals surface area contributed by atoms with Crippen LogP contribution in [0.3, 0.4) is 0 Å². The first-order chi connectivity index (χ1) is 11.0. The molecule has 120 valence electrons. The summed E-state index contributed by atoms with van der Waals surface area (Å²) in [6.07, 6.45) is 1.41. The first-order valence-corrected chi connectivity index (χ1v) is 7.13. The van der Waals surface area contributed by atoms with Crippen molar-refractivity contribution in [2.45, 2.75) is 18.9 Å². The first kappa shape index (κ1) is 14.9. The van der Waals surface area contributed by atoms with Crippen LogP contribution in [0.2, 0.25) is 0 Å². The second-order valence-electron chi connectivity index (χ2n) is 5.41. The lowest BCUT2D eigenvalue weighted by Crippen LogP contribution is -2.39. The number of carbonyl (C=O) groups excluding carboxylic acids is 3. The number of imide groups is 1. The van der Waals surface area contributed by atoms with Gasteiger partial charge in [-0.05, 0) is 18.9 Å². The lowest BCUT2D eigenvalue weighted by atomic mass is 10.2. The molecule has 0 spiro atoms. The van der Waals surface area contributed by atoms with Crippen LogP contribution in [0, 0.1) is 10.1 Å². The summed E-state index contributed by atoms with van der Waals surface area (Å²) < 4.78 is 0. The Balaban J connectivity index is 1.66. The number of nitrogens with zero attached hydrogens (tertiary/aromatic N) is 3. The Kier molecular flexibility index (Phi) is 3.68. The Hall–Kier alpha value is -2.97. The normalized spacial score (nSPS) is 19.9. The van der Waals surface area contributed by atoms with Crippen molar-refractivity contribution >= 4 is 29.2 Å². The highest BCUT2D eigenvalue weighted by Gasteiger charge is 2.47. The number of amides is 4. The van der Waals surface area contributed by atoms with Gasteiger partial charge in [0.25, 0.3) is 11.6 Å². The van der Waals surface area contributed by atoms with E-state index in [2.05, 4.69) is 5.32 Å². The Morgan fingerprint density at radius 1 is 1.39 bits per heavy atom. The van der Waals surface area contributed by atoms with Crippen LogP contribution < -0.4 is 5.32 Å². The largest absolute Gasteiger partial charge is 0.327 e. The molecular weight excluding hydrogens is 304 g/mol. The number of nitro groups is 1. The molecule has 2 heterocycles. The number of fused-ring (bicyclic) bond motifs is 1. The molecule has 0 bridgehead atoms. The van der Waals surface area contributed by atoms with Gasteiger partial charge in [-0.25, -0.2) is 4.79 Å². The van der Waals surface area contributed by atoms with E-state index in [1.54, 1.807) is 0 Å². The molecule has 0 radical (unpaired) electrons. The summed E-state index contributed by atoms with van der Waals surface area (Å²) >= 11 is 0. The molecule has 2 aliphatic rings. The number of benzene rings is 1. The number of hydrogen-bond acceptors (Lipinski definition) is 5. The van der Waals surface area contributed by atoms with Gasteiger partial charge in [0.1, 0.15) is 12.6 Å². The van der Waals surface area contributed by atoms with Gasteiger partial charge in [-0.3, -0.25) is 24.6 Å². The van der Waals surface area contributed by atoms with Gasteiger partial charge in [-0.1, -0.05) is 6.07 Å². The molecule has 9 heteroatoms. The summed E-state index contributed by atoms with van der Waals surface area (Å²) in [7, 11) is 0. The van der Waals surface area contributed by atoms with Crippen molar-refractivity contribution in [3.05, 3.63) is 34.4 Å². The highest BCUT2D eigenvalue weighted by Crippen LogP contribution is 2.27. The average Bonchev–Trinajstić information content (AvgIpc) is 3.07. The van der Waals surface area contributed by atoms with Gasteiger partial charge in [0, 0.05) is 24.4 Å². The molecule has 1 N–H and O–H groups in total. The highest BCUT2D eigenvalue weighted by molar-refractivity contribution is 6.08. The molecule has 0 aliphatic carbocycles. The van der Waals surface area contributed by atoms with Gasteiger partial charge in [0.2, 0.25) is 5.91 Å². The Morgan fingerprint density at radius 3 is 2.87 bits per heavy atom. The fourth-order valence-electron chi connectivity index (χ4n) is 2.87. The quantitative estimate of drug-likeness (QED) is 0.504. The lowest BCUT2D eigenvalue weighted by Gasteiger charge is -2.15. The number of nitro benzene ring substituents is 1. The predicted molar refractivity (Wildman–Crippen MR) is 78.6 cm³/mol. The smallest absolute Gasteiger partial charge is 0.324 e. The zero-order chi connectivity index (χ0) is 16.6. The van der Waals surface area contributed by atoms with Crippen molar-refractivity contribution in [1.29, 1.82) is 0 Å². The molecule has 1 aromatic rings. The molecule has 2 aliphatic heterocycles. The minimum Gasteiger partial charge on any atom is -0.324 e. The fraction of sp³-hybridized carbons (Fsp3) is 0.357. The van der Waals surface area contributed by atoms with Crippen LogP contribution in [0.5, 0.6) is 0 Å². The molecule has 0 aromatic heterocycles. The second kappa shape index (κ2) is 5.67. The van der Waals surface area contributed by atoms with Crippen molar-refractivity contribution in [2.24, 2.45) is 0 Å². The molecule has 2 saturated heterocycles. The summed E-state index contributed by atoms with van der Waals surface area (Å²) in [4.78, 5) is 48.8. The number of hydrogen-bond donors (Lipinski definition) is 1. The molecule has 4 amide bonds. The predicted octanol–water partition coefficient (Wildman–Crippen LogP) is 0.960. The minimum absolute atomic E-state index is 0.156. The molecular formula is C14H14N4O5. The van der Waals surface area contributed by atoms with Gasteiger partial charge >= 0.3 is 6.03 Å². The summed E-state index contributed by atoms with van der Waals surface area (Å²) in [6.45, 7) is 0.131. The third-order valence-corrected chi connectivity index (χ3v) is 3.92. The van der Waals surface area contributed by atoms with Crippen LogP contribution in [0.15, 0.2) is 24.3 Å². The van der Waals surface area contributed by atoms with Crippen LogP contribution in [-0.2, 0) is 9.59 Å². The Bertz CT molecular complexity index is 682. The van der Waals surface area contributed by atoms with Gasteiger partial charge in [0.15, 0.2) is 0 Å². The summed E-state index contributed by atoms with van der Waals surface area (Å²) in [5.41, 5.74) is 0.0839. The molecule has 1 aromatic carbocycles. The molecule has 23 heavy (non-hydrogen) atoms. The van der Waals surface area contributed by atoms with Crippen molar-refractivity contribution in [2.75, 3.05) is 18.4 Å². The molecule has 2 fully saturated rings. The van der Waals surface area contributed by atoms with Crippen molar-refractivity contribution < 1.29 is 19.3 Å². The zero-order valence-corrected chi connectivity index (χ0v) is 12.1. The second-order valence-corrected chi connectivity index (χ2v) is 5.41. The summed E-state index contributed by atoms with van der Waals surface area (Å²) in [5, 5.41) is 13.2. The van der Waals surface area contributed by atoms with Crippen LogP contribution in [0.1, 0.15) is 12.8 Å². The Morgan fingerprint density at radius 2 is 2.17 bits per heavy atom. The van der Waals surface area contributed by atoms with E-state index in [1.807, 2.05) is 0 Å². The van der Waals surface area contributed by atoms with E-state index in [9.17, 15) is 24.5 Å². The molecule has 1 unspecified atom stereocenters. The van der Waals surface area contributed by atoms with Crippen LogP contribution in [0.4, 0.5) is 16.2 Å². The lowest BCUT2D eigenvalue weighted by molar-refractivity contribution is -0.384. The van der Waals surface area contributed by atoms with Gasteiger partial charge < -0.3 is 10.2 Å². The number of nitrogens with one attached hydrogen (secondary N) is 1. The molecule has 0 saturated carbocycles. The van der Waals surface area contributed by atoms with Gasteiger partial charge in [-0.15, -0.1) is 0 Å². The number of carbonyl (C=O) groups is 3. The van der Waals surface area contributed by atoms with Crippen LogP contribution in [-0.4, -0.2) is 51.7 Å². The molecule has 1 atom stereocenters. The Labute approximate surface area is 131 Å². The third-order valence-electron chi connectivity index (χ3n) is 3.92. The summed E-state index contributed by atoms with van der Waals surface area (Å²) in [5.74, 6) is -0.935. The first-order valence-electron chi connectivity index (χ1n) is 7.13. The monoisotopic (exact) mass is 318 g/mol. The van der Waals surface area contributed by atoms with Crippen LogP contribution >= 0.6 is 0 Å². The summed E-state index contributed by atoms with van der Waals surface area (Å²) in [6, 6.07) is 4.55. The van der Waals surface area contributed by atoms with Crippen LogP contribution in [0.25, 0.3) is 0 Å².